The molecule has 1 heterocycles. The highest BCUT2D eigenvalue weighted by atomic mass is 19.4. The van der Waals surface area contributed by atoms with Gasteiger partial charge in [0.05, 0.1) is 6.10 Å². The molecule has 1 rings (SSSR count). The molecule has 1 saturated heterocycles. The molecule has 0 N–H and O–H groups in total. The van der Waals surface area contributed by atoms with Crippen LogP contribution in [0.2, 0.25) is 0 Å². The fourth-order valence-electron chi connectivity index (χ4n) is 0.529. The van der Waals surface area contributed by atoms with Crippen LogP contribution in [0.3, 0.4) is 0 Å². The number of hydrogen-bond donors (Lipinski definition) is 0. The van der Waals surface area contributed by atoms with Gasteiger partial charge in [0, 0.05) is 0 Å². The van der Waals surface area contributed by atoms with Gasteiger partial charge in [-0.15, -0.1) is 0 Å². The Morgan fingerprint density at radius 3 is 1.75 bits per heavy atom. The number of hydrogen-bond acceptors (Lipinski definition) is 1. The lowest BCUT2D eigenvalue weighted by Crippen LogP contribution is -2.17. The topological polar surface area (TPSA) is 12.5 Å². The molecule has 48 valence electrons. The van der Waals surface area contributed by atoms with E-state index >= 15 is 0 Å². The normalized spacial score (nSPS) is 37.5. The zero-order valence-electron chi connectivity index (χ0n) is 4.20. The van der Waals surface area contributed by atoms with Gasteiger partial charge in [-0.05, 0) is 6.92 Å². The van der Waals surface area contributed by atoms with E-state index in [1.54, 1.807) is 0 Å². The zero-order chi connectivity index (χ0) is 6.36. The molecule has 0 spiro atoms. The largest absolute Gasteiger partial charge is 0.417 e. The first kappa shape index (κ1) is 5.88. The molecule has 8 heavy (non-hydrogen) atoms. The van der Waals surface area contributed by atoms with Crippen LogP contribution in [-0.4, -0.2) is 18.4 Å². The maximum absolute atomic E-state index is 11.4. The predicted molar refractivity (Wildman–Crippen MR) is 20.4 cm³/mol. The molecule has 0 aromatic heterocycles. The molecular weight excluding hydrogens is 121 g/mol. The van der Waals surface area contributed by atoms with Crippen molar-refractivity contribution in [2.75, 3.05) is 0 Å². The molecule has 0 aromatic carbocycles. The summed E-state index contributed by atoms with van der Waals surface area (Å²) in [5.74, 6) is 0. The van der Waals surface area contributed by atoms with E-state index in [1.165, 1.54) is 6.92 Å². The van der Waals surface area contributed by atoms with Crippen molar-refractivity contribution in [3.8, 4) is 0 Å². The van der Waals surface area contributed by atoms with Crippen molar-refractivity contribution < 1.29 is 17.9 Å². The van der Waals surface area contributed by atoms with E-state index in [0.29, 0.717) is 0 Å². The van der Waals surface area contributed by atoms with Crippen LogP contribution in [0.5, 0.6) is 0 Å². The van der Waals surface area contributed by atoms with Gasteiger partial charge in [0.15, 0.2) is 6.10 Å². The Kier molecular flexibility index (Phi) is 1.01. The molecule has 1 aliphatic rings. The quantitative estimate of drug-likeness (QED) is 0.446. The van der Waals surface area contributed by atoms with Crippen molar-refractivity contribution in [3.05, 3.63) is 0 Å². The lowest BCUT2D eigenvalue weighted by atomic mass is 10.3. The summed E-state index contributed by atoms with van der Waals surface area (Å²) in [6.45, 7) is 1.40. The molecule has 1 fully saturated rings. The molecule has 0 radical (unpaired) electrons. The number of alkyl halides is 3. The molecule has 0 aromatic rings. The van der Waals surface area contributed by atoms with Crippen molar-refractivity contribution in [3.63, 3.8) is 0 Å². The molecule has 1 nitrogen and oxygen atoms in total. The Labute approximate surface area is 44.4 Å². The molecule has 0 aliphatic carbocycles. The van der Waals surface area contributed by atoms with Gasteiger partial charge in [-0.25, -0.2) is 0 Å². The first-order chi connectivity index (χ1) is 3.52. The third kappa shape index (κ3) is 0.940. The highest BCUT2D eigenvalue weighted by Gasteiger charge is 2.55. The molecule has 1 aliphatic heterocycles. The maximum atomic E-state index is 11.4. The highest BCUT2D eigenvalue weighted by Crippen LogP contribution is 2.36. The third-order valence-electron chi connectivity index (χ3n) is 1.03. The van der Waals surface area contributed by atoms with Crippen LogP contribution in [0.25, 0.3) is 0 Å². The van der Waals surface area contributed by atoms with Crippen molar-refractivity contribution in [1.29, 1.82) is 0 Å². The second-order valence-electron chi connectivity index (χ2n) is 1.80. The smallest absolute Gasteiger partial charge is 0.360 e. The van der Waals surface area contributed by atoms with Crippen LogP contribution in [0, 0.1) is 0 Å². The summed E-state index contributed by atoms with van der Waals surface area (Å²) in [4.78, 5) is 0. The van der Waals surface area contributed by atoms with Gasteiger partial charge in [-0.1, -0.05) is 0 Å². The number of ether oxygens (including phenoxy) is 1. The Bertz CT molecular complexity index is 97.9. The molecule has 2 atom stereocenters. The van der Waals surface area contributed by atoms with Crippen molar-refractivity contribution in [2.24, 2.45) is 0 Å². The molecule has 0 bridgehead atoms. The SMILES string of the molecule is C[C@H]1O[C@@H]1C(F)(F)F. The van der Waals surface area contributed by atoms with Crippen LogP contribution in [0.15, 0.2) is 0 Å². The summed E-state index contributed by atoms with van der Waals surface area (Å²) in [5.41, 5.74) is 0. The summed E-state index contributed by atoms with van der Waals surface area (Å²) in [7, 11) is 0. The van der Waals surface area contributed by atoms with Crippen molar-refractivity contribution in [2.45, 2.75) is 25.3 Å². The minimum absolute atomic E-state index is 0.616. The Morgan fingerprint density at radius 2 is 1.75 bits per heavy atom. The van der Waals surface area contributed by atoms with Crippen molar-refractivity contribution in [1.82, 2.24) is 0 Å². The van der Waals surface area contributed by atoms with Gasteiger partial charge in [-0.3, -0.25) is 0 Å². The fraction of sp³-hybridized carbons (Fsp3) is 1.00. The van der Waals surface area contributed by atoms with Gasteiger partial charge in [0.25, 0.3) is 0 Å². The number of rotatable bonds is 0. The number of epoxide rings is 1. The fourth-order valence-corrected chi connectivity index (χ4v) is 0.529. The van der Waals surface area contributed by atoms with Gasteiger partial charge in [0.2, 0.25) is 0 Å². The van der Waals surface area contributed by atoms with Crippen LogP contribution < -0.4 is 0 Å². The van der Waals surface area contributed by atoms with Gasteiger partial charge >= 0.3 is 6.18 Å². The molecule has 0 amide bonds. The van der Waals surface area contributed by atoms with Crippen LogP contribution in [0.4, 0.5) is 13.2 Å². The Morgan fingerprint density at radius 1 is 1.38 bits per heavy atom. The van der Waals surface area contributed by atoms with E-state index in [0.717, 1.165) is 0 Å². The van der Waals surface area contributed by atoms with Gasteiger partial charge in [0.1, 0.15) is 0 Å². The van der Waals surface area contributed by atoms with E-state index in [-0.39, 0.29) is 0 Å². The van der Waals surface area contributed by atoms with E-state index in [1.807, 2.05) is 0 Å². The average Bonchev–Trinajstić information content (AvgIpc) is 2.13. The van der Waals surface area contributed by atoms with E-state index < -0.39 is 18.4 Å². The molecule has 0 saturated carbocycles. The summed E-state index contributed by atoms with van der Waals surface area (Å²) in [5, 5.41) is 0. The molecular formula is C4H5F3O. The minimum Gasteiger partial charge on any atom is -0.360 e. The Balaban J connectivity index is 2.39. The second-order valence-corrected chi connectivity index (χ2v) is 1.80. The first-order valence-electron chi connectivity index (χ1n) is 2.24. The second kappa shape index (κ2) is 1.37. The minimum atomic E-state index is -4.14. The van der Waals surface area contributed by atoms with E-state index in [9.17, 15) is 13.2 Å². The monoisotopic (exact) mass is 126 g/mol. The van der Waals surface area contributed by atoms with Crippen molar-refractivity contribution >= 4 is 0 Å². The lowest BCUT2D eigenvalue weighted by Gasteiger charge is -1.97. The van der Waals surface area contributed by atoms with Gasteiger partial charge < -0.3 is 4.74 Å². The number of halogens is 3. The average molecular weight is 126 g/mol. The molecule has 4 heteroatoms. The maximum Gasteiger partial charge on any atom is 0.417 e. The summed E-state index contributed by atoms with van der Waals surface area (Å²) in [6, 6.07) is 0. The first-order valence-corrected chi connectivity index (χ1v) is 2.24. The van der Waals surface area contributed by atoms with Crippen LogP contribution in [0.1, 0.15) is 6.92 Å². The summed E-state index contributed by atoms with van der Waals surface area (Å²) >= 11 is 0. The zero-order valence-corrected chi connectivity index (χ0v) is 4.20. The standard InChI is InChI=1S/C4H5F3O/c1-2-3(8-2)4(5,6)7/h2-3H,1H3/t2-,3+/m1/s1. The van der Waals surface area contributed by atoms with E-state index in [4.69, 9.17) is 0 Å². The van der Waals surface area contributed by atoms with E-state index in [2.05, 4.69) is 4.74 Å². The van der Waals surface area contributed by atoms with Gasteiger partial charge in [-0.2, -0.15) is 13.2 Å². The highest BCUT2D eigenvalue weighted by molar-refractivity contribution is 4.86. The Hall–Kier alpha value is -0.250. The summed E-state index contributed by atoms with van der Waals surface area (Å²) in [6.07, 6.45) is -6.24. The summed E-state index contributed by atoms with van der Waals surface area (Å²) < 4.78 is 38.3. The molecule has 0 unspecified atom stereocenters. The predicted octanol–water partition coefficient (Wildman–Crippen LogP) is 1.34. The third-order valence-corrected chi connectivity index (χ3v) is 1.03. The lowest BCUT2D eigenvalue weighted by molar-refractivity contribution is -0.146. The van der Waals surface area contributed by atoms with Crippen LogP contribution in [-0.2, 0) is 4.74 Å². The van der Waals surface area contributed by atoms with Crippen LogP contribution >= 0.6 is 0 Å².